The number of hydrogen-bond donors (Lipinski definition) is 0. The second-order valence-electron chi connectivity index (χ2n) is 5.32. The van der Waals surface area contributed by atoms with E-state index in [1.54, 1.807) is 17.2 Å². The summed E-state index contributed by atoms with van der Waals surface area (Å²) in [5.41, 5.74) is 3.48. The number of thiophene rings is 1. The van der Waals surface area contributed by atoms with E-state index in [0.717, 1.165) is 11.1 Å². The minimum atomic E-state index is -0.0510. The largest absolute Gasteiger partial charge is 0.444 e. The quantitative estimate of drug-likeness (QED) is 0.579. The number of hydrogen-bond acceptors (Lipinski definition) is 5. The van der Waals surface area contributed by atoms with Crippen molar-refractivity contribution >= 4 is 21.6 Å². The molecule has 0 amide bonds. The van der Waals surface area contributed by atoms with Gasteiger partial charge in [-0.2, -0.15) is 0 Å². The van der Waals surface area contributed by atoms with Crippen molar-refractivity contribution in [2.24, 2.45) is 0 Å². The van der Waals surface area contributed by atoms with E-state index in [2.05, 4.69) is 9.97 Å². The van der Waals surface area contributed by atoms with Gasteiger partial charge >= 0.3 is 0 Å². The Balaban J connectivity index is 1.65. The normalized spacial score (nSPS) is 11.2. The molecule has 0 unspecified atom stereocenters. The monoisotopic (exact) mass is 323 g/mol. The summed E-state index contributed by atoms with van der Waals surface area (Å²) in [5.74, 6) is 0.554. The Hall–Kier alpha value is -2.73. The molecule has 0 spiro atoms. The number of fused-ring (bicyclic) bond motifs is 1. The van der Waals surface area contributed by atoms with Crippen LogP contribution in [0.3, 0.4) is 0 Å². The molecule has 3 heterocycles. The predicted molar refractivity (Wildman–Crippen MR) is 89.7 cm³/mol. The molecule has 0 N–H and O–H groups in total. The third-order valence-electron chi connectivity index (χ3n) is 3.62. The first-order valence-electron chi connectivity index (χ1n) is 7.15. The van der Waals surface area contributed by atoms with Crippen LogP contribution in [0.5, 0.6) is 0 Å². The Morgan fingerprint density at radius 1 is 1.22 bits per heavy atom. The molecular weight excluding hydrogens is 310 g/mol. The van der Waals surface area contributed by atoms with E-state index in [4.69, 9.17) is 4.42 Å². The lowest BCUT2D eigenvalue weighted by atomic mass is 10.1. The van der Waals surface area contributed by atoms with Gasteiger partial charge in [0.15, 0.2) is 0 Å². The van der Waals surface area contributed by atoms with Crippen molar-refractivity contribution in [3.63, 3.8) is 0 Å². The highest BCUT2D eigenvalue weighted by Crippen LogP contribution is 2.19. The summed E-state index contributed by atoms with van der Waals surface area (Å²) in [6.45, 7) is 2.37. The molecule has 0 radical (unpaired) electrons. The van der Waals surface area contributed by atoms with Crippen molar-refractivity contribution in [2.45, 2.75) is 13.5 Å². The van der Waals surface area contributed by atoms with Crippen LogP contribution in [0.2, 0.25) is 0 Å². The smallest absolute Gasteiger partial charge is 0.271 e. The van der Waals surface area contributed by atoms with Gasteiger partial charge in [0.2, 0.25) is 5.89 Å². The zero-order chi connectivity index (χ0) is 15.8. The van der Waals surface area contributed by atoms with E-state index in [9.17, 15) is 4.79 Å². The minimum absolute atomic E-state index is 0.0510. The van der Waals surface area contributed by atoms with Crippen LogP contribution in [0, 0.1) is 6.92 Å². The summed E-state index contributed by atoms with van der Waals surface area (Å²) in [5, 5.41) is 1.87. The lowest BCUT2D eigenvalue weighted by Crippen LogP contribution is -2.20. The first kappa shape index (κ1) is 13.9. The Bertz CT molecular complexity index is 1030. The maximum absolute atomic E-state index is 12.4. The molecule has 4 rings (SSSR count). The number of aromatic nitrogens is 3. The van der Waals surface area contributed by atoms with E-state index in [1.165, 1.54) is 16.9 Å². The van der Waals surface area contributed by atoms with E-state index in [1.807, 2.05) is 42.6 Å². The van der Waals surface area contributed by atoms with Crippen molar-refractivity contribution in [1.82, 2.24) is 14.5 Å². The van der Waals surface area contributed by atoms with Gasteiger partial charge in [-0.1, -0.05) is 17.7 Å². The molecule has 3 aromatic heterocycles. The number of rotatable bonds is 3. The second-order valence-corrected chi connectivity index (χ2v) is 6.24. The van der Waals surface area contributed by atoms with Gasteiger partial charge in [-0.25, -0.2) is 9.97 Å². The number of benzene rings is 1. The molecule has 6 heteroatoms. The summed E-state index contributed by atoms with van der Waals surface area (Å²) in [6.07, 6.45) is 3.14. The number of aryl methyl sites for hydroxylation is 1. The molecule has 5 nitrogen and oxygen atoms in total. The van der Waals surface area contributed by atoms with Gasteiger partial charge in [0.05, 0.1) is 24.1 Å². The van der Waals surface area contributed by atoms with Gasteiger partial charge in [0, 0.05) is 5.56 Å². The molecule has 0 saturated carbocycles. The standard InChI is InChI=1S/C17H13N3O2S/c1-11-2-4-12(5-3-11)16-19-13(9-22-16)8-20-10-18-14-6-7-23-15(14)17(20)21/h2-7,9-10H,8H2,1H3. The third-order valence-corrected chi connectivity index (χ3v) is 4.51. The van der Waals surface area contributed by atoms with Gasteiger partial charge in [-0.05, 0) is 30.5 Å². The molecule has 114 valence electrons. The van der Waals surface area contributed by atoms with Crippen molar-refractivity contribution < 1.29 is 4.42 Å². The SMILES string of the molecule is Cc1ccc(-c2nc(Cn3cnc4ccsc4c3=O)co2)cc1. The fourth-order valence-electron chi connectivity index (χ4n) is 2.37. The summed E-state index contributed by atoms with van der Waals surface area (Å²) >= 11 is 1.40. The van der Waals surface area contributed by atoms with Crippen LogP contribution >= 0.6 is 11.3 Å². The summed E-state index contributed by atoms with van der Waals surface area (Å²) < 4.78 is 7.74. The highest BCUT2D eigenvalue weighted by Gasteiger charge is 2.10. The lowest BCUT2D eigenvalue weighted by molar-refractivity contribution is 0.571. The maximum Gasteiger partial charge on any atom is 0.271 e. The van der Waals surface area contributed by atoms with Crippen molar-refractivity contribution in [3.05, 3.63) is 69.9 Å². The second kappa shape index (κ2) is 5.48. The van der Waals surface area contributed by atoms with Gasteiger partial charge < -0.3 is 4.42 Å². The maximum atomic E-state index is 12.4. The molecule has 0 aliphatic rings. The molecule has 0 saturated heterocycles. The molecule has 1 aromatic carbocycles. The summed E-state index contributed by atoms with van der Waals surface area (Å²) in [6, 6.07) is 9.81. The zero-order valence-corrected chi connectivity index (χ0v) is 13.2. The van der Waals surface area contributed by atoms with Gasteiger partial charge in [-0.3, -0.25) is 9.36 Å². The van der Waals surface area contributed by atoms with E-state index >= 15 is 0 Å². The Labute approximate surface area is 135 Å². The summed E-state index contributed by atoms with van der Waals surface area (Å²) in [7, 11) is 0. The van der Waals surface area contributed by atoms with Crippen LogP contribution in [0.25, 0.3) is 21.7 Å². The zero-order valence-electron chi connectivity index (χ0n) is 12.4. The molecule has 0 aliphatic heterocycles. The van der Waals surface area contributed by atoms with Crippen LogP contribution in [0.4, 0.5) is 0 Å². The van der Waals surface area contributed by atoms with Gasteiger partial charge in [0.1, 0.15) is 11.0 Å². The fourth-order valence-corrected chi connectivity index (χ4v) is 3.17. The highest BCUT2D eigenvalue weighted by atomic mass is 32.1. The van der Waals surface area contributed by atoms with Crippen molar-refractivity contribution in [1.29, 1.82) is 0 Å². The Morgan fingerprint density at radius 3 is 2.87 bits per heavy atom. The predicted octanol–water partition coefficient (Wildman–Crippen LogP) is 3.47. The number of nitrogens with zero attached hydrogens (tertiary/aromatic N) is 3. The first-order chi connectivity index (χ1) is 11.2. The summed E-state index contributed by atoms with van der Waals surface area (Å²) in [4.78, 5) is 21.1. The highest BCUT2D eigenvalue weighted by molar-refractivity contribution is 7.17. The average molecular weight is 323 g/mol. The molecule has 0 bridgehead atoms. The minimum Gasteiger partial charge on any atom is -0.444 e. The van der Waals surface area contributed by atoms with E-state index < -0.39 is 0 Å². The average Bonchev–Trinajstić information content (AvgIpc) is 3.20. The van der Waals surface area contributed by atoms with Crippen LogP contribution < -0.4 is 5.56 Å². The van der Waals surface area contributed by atoms with Gasteiger partial charge in [0.25, 0.3) is 5.56 Å². The topological polar surface area (TPSA) is 60.9 Å². The molecule has 23 heavy (non-hydrogen) atoms. The lowest BCUT2D eigenvalue weighted by Gasteiger charge is -2.01. The number of oxazole rings is 1. The third kappa shape index (κ3) is 2.57. The van der Waals surface area contributed by atoms with Crippen LogP contribution in [0.1, 0.15) is 11.3 Å². The first-order valence-corrected chi connectivity index (χ1v) is 8.03. The molecular formula is C17H13N3O2S. The fraction of sp³-hybridized carbons (Fsp3) is 0.118. The van der Waals surface area contributed by atoms with Crippen LogP contribution in [-0.4, -0.2) is 14.5 Å². The van der Waals surface area contributed by atoms with Crippen molar-refractivity contribution in [2.75, 3.05) is 0 Å². The molecule has 4 aromatic rings. The van der Waals surface area contributed by atoms with E-state index in [0.29, 0.717) is 22.8 Å². The van der Waals surface area contributed by atoms with Crippen molar-refractivity contribution in [3.8, 4) is 11.5 Å². The molecule has 0 atom stereocenters. The van der Waals surface area contributed by atoms with Crippen LogP contribution in [0.15, 0.2) is 57.5 Å². The van der Waals surface area contributed by atoms with Crippen LogP contribution in [-0.2, 0) is 6.54 Å². The van der Waals surface area contributed by atoms with Gasteiger partial charge in [-0.15, -0.1) is 11.3 Å². The molecule has 0 fully saturated rings. The Kier molecular flexibility index (Phi) is 3.31. The Morgan fingerprint density at radius 2 is 2.04 bits per heavy atom. The molecule has 0 aliphatic carbocycles. The van der Waals surface area contributed by atoms with E-state index in [-0.39, 0.29) is 5.56 Å².